The lowest BCUT2D eigenvalue weighted by Crippen LogP contribution is -2.21. The van der Waals surface area contributed by atoms with E-state index in [0.717, 1.165) is 12.8 Å². The van der Waals surface area contributed by atoms with Crippen LogP contribution in [0, 0.1) is 5.92 Å². The van der Waals surface area contributed by atoms with Crippen molar-refractivity contribution in [3.05, 3.63) is 0 Å². The first-order chi connectivity index (χ1) is 4.76. The van der Waals surface area contributed by atoms with Crippen LogP contribution >= 0.6 is 0 Å². The molecule has 0 bridgehead atoms. The lowest BCUT2D eigenvalue weighted by atomic mass is 10.0. The quantitative estimate of drug-likeness (QED) is 0.584. The largest absolute Gasteiger partial charge is 0.330 e. The van der Waals surface area contributed by atoms with E-state index in [1.807, 2.05) is 6.92 Å². The van der Waals surface area contributed by atoms with Gasteiger partial charge in [-0.2, -0.15) is 0 Å². The number of aliphatic imine (C=N–C) groups is 1. The summed E-state index contributed by atoms with van der Waals surface area (Å²) in [5, 5.41) is 0. The number of carbonyl (C=O) groups is 1. The summed E-state index contributed by atoms with van der Waals surface area (Å²) in [6, 6.07) is 0. The van der Waals surface area contributed by atoms with Gasteiger partial charge in [-0.15, -0.1) is 0 Å². The van der Waals surface area contributed by atoms with Crippen LogP contribution in [0.1, 0.15) is 19.8 Å². The van der Waals surface area contributed by atoms with E-state index < -0.39 is 0 Å². The van der Waals surface area contributed by atoms with Crippen molar-refractivity contribution in [1.82, 2.24) is 0 Å². The van der Waals surface area contributed by atoms with Crippen molar-refractivity contribution in [2.24, 2.45) is 16.6 Å². The predicted molar refractivity (Wildman–Crippen MR) is 42.0 cm³/mol. The van der Waals surface area contributed by atoms with Crippen LogP contribution in [0.4, 0.5) is 0 Å². The van der Waals surface area contributed by atoms with Crippen LogP contribution < -0.4 is 5.73 Å². The van der Waals surface area contributed by atoms with Gasteiger partial charge in [-0.1, -0.05) is 13.3 Å². The van der Waals surface area contributed by atoms with Gasteiger partial charge in [0.25, 0.3) is 0 Å². The molecule has 0 aliphatic carbocycles. The van der Waals surface area contributed by atoms with Crippen molar-refractivity contribution in [2.75, 3.05) is 6.54 Å². The summed E-state index contributed by atoms with van der Waals surface area (Å²) < 4.78 is 0. The second kappa shape index (κ2) is 5.11. The minimum absolute atomic E-state index is 0.109. The molecule has 0 heterocycles. The highest BCUT2D eigenvalue weighted by molar-refractivity contribution is 5.83. The Morgan fingerprint density at radius 2 is 2.40 bits per heavy atom. The maximum Gasteiger partial charge on any atom is 0.249 e. The van der Waals surface area contributed by atoms with Crippen molar-refractivity contribution < 1.29 is 4.79 Å². The Morgan fingerprint density at radius 3 is 2.70 bits per heavy atom. The molecule has 0 fully saturated rings. The van der Waals surface area contributed by atoms with Gasteiger partial charge in [-0.3, -0.25) is 4.79 Å². The van der Waals surface area contributed by atoms with E-state index in [2.05, 4.69) is 11.7 Å². The number of nitrogens with two attached hydrogens (primary N) is 1. The minimum Gasteiger partial charge on any atom is -0.330 e. The maximum absolute atomic E-state index is 10.8. The van der Waals surface area contributed by atoms with Gasteiger partial charge in [0.05, 0.1) is 5.92 Å². The number of carbonyl (C=O) groups excluding carboxylic acids is 1. The summed E-state index contributed by atoms with van der Waals surface area (Å²) >= 11 is 0. The number of amides is 1. The first kappa shape index (κ1) is 9.30. The van der Waals surface area contributed by atoms with Gasteiger partial charge in [0, 0.05) is 6.54 Å². The smallest absolute Gasteiger partial charge is 0.249 e. The van der Waals surface area contributed by atoms with Crippen LogP contribution in [0.3, 0.4) is 0 Å². The van der Waals surface area contributed by atoms with Crippen molar-refractivity contribution in [2.45, 2.75) is 19.8 Å². The van der Waals surface area contributed by atoms with Crippen molar-refractivity contribution in [1.29, 1.82) is 0 Å². The lowest BCUT2D eigenvalue weighted by molar-refractivity contribution is -0.121. The summed E-state index contributed by atoms with van der Waals surface area (Å²) in [6.07, 6.45) is 1.78. The van der Waals surface area contributed by atoms with E-state index in [1.54, 1.807) is 0 Å². The standard InChI is InChI=1S/C7H14N2O/c1-3-4-6(5-8)7(10)9-2/h6H,2-5,8H2,1H3. The first-order valence-electron chi connectivity index (χ1n) is 3.46. The Balaban J connectivity index is 3.79. The highest BCUT2D eigenvalue weighted by Crippen LogP contribution is 2.05. The summed E-state index contributed by atoms with van der Waals surface area (Å²) in [7, 11) is 0. The van der Waals surface area contributed by atoms with Crippen LogP contribution in [-0.2, 0) is 4.79 Å². The Bertz CT molecular complexity index is 123. The van der Waals surface area contributed by atoms with Gasteiger partial charge in [-0.05, 0) is 13.1 Å². The van der Waals surface area contributed by atoms with Crippen molar-refractivity contribution in [3.63, 3.8) is 0 Å². The molecule has 1 unspecified atom stereocenters. The lowest BCUT2D eigenvalue weighted by Gasteiger charge is -2.06. The molecule has 0 rings (SSSR count). The first-order valence-corrected chi connectivity index (χ1v) is 3.46. The van der Waals surface area contributed by atoms with Gasteiger partial charge in [0.15, 0.2) is 0 Å². The molecule has 0 radical (unpaired) electrons. The summed E-state index contributed by atoms with van der Waals surface area (Å²) in [5.74, 6) is -0.285. The Kier molecular flexibility index (Phi) is 4.76. The third kappa shape index (κ3) is 2.73. The zero-order valence-corrected chi connectivity index (χ0v) is 6.34. The average molecular weight is 142 g/mol. The molecule has 0 aliphatic heterocycles. The molecule has 0 aromatic rings. The fourth-order valence-corrected chi connectivity index (χ4v) is 0.820. The molecule has 0 aliphatic rings. The third-order valence-corrected chi connectivity index (χ3v) is 1.43. The fourth-order valence-electron chi connectivity index (χ4n) is 0.820. The maximum atomic E-state index is 10.8. The zero-order chi connectivity index (χ0) is 7.98. The van der Waals surface area contributed by atoms with Crippen LogP contribution in [0.2, 0.25) is 0 Å². The van der Waals surface area contributed by atoms with E-state index in [9.17, 15) is 4.79 Å². The molecule has 58 valence electrons. The topological polar surface area (TPSA) is 55.5 Å². The predicted octanol–water partition coefficient (Wildman–Crippen LogP) is 0.589. The number of hydrogen-bond donors (Lipinski definition) is 1. The van der Waals surface area contributed by atoms with Crippen LogP contribution in [-0.4, -0.2) is 19.2 Å². The van der Waals surface area contributed by atoms with Gasteiger partial charge in [0.1, 0.15) is 0 Å². The Hall–Kier alpha value is -0.700. The molecule has 1 atom stereocenters. The monoisotopic (exact) mass is 142 g/mol. The molecule has 10 heavy (non-hydrogen) atoms. The summed E-state index contributed by atoms with van der Waals surface area (Å²) in [5.41, 5.74) is 5.33. The van der Waals surface area contributed by atoms with Gasteiger partial charge < -0.3 is 5.73 Å². The minimum atomic E-state index is -0.177. The van der Waals surface area contributed by atoms with Gasteiger partial charge in [0.2, 0.25) is 5.91 Å². The Labute approximate surface area is 61.3 Å². The van der Waals surface area contributed by atoms with Crippen LogP contribution in [0.15, 0.2) is 4.99 Å². The molecule has 0 spiro atoms. The molecule has 3 nitrogen and oxygen atoms in total. The molecular weight excluding hydrogens is 128 g/mol. The third-order valence-electron chi connectivity index (χ3n) is 1.43. The molecule has 1 amide bonds. The average Bonchev–Trinajstić information content (AvgIpc) is 1.99. The van der Waals surface area contributed by atoms with E-state index in [0.29, 0.717) is 6.54 Å². The molecule has 0 aromatic carbocycles. The number of hydrogen-bond acceptors (Lipinski definition) is 2. The number of rotatable bonds is 4. The van der Waals surface area contributed by atoms with Gasteiger partial charge >= 0.3 is 0 Å². The van der Waals surface area contributed by atoms with Crippen LogP contribution in [0.25, 0.3) is 0 Å². The van der Waals surface area contributed by atoms with Crippen molar-refractivity contribution in [3.8, 4) is 0 Å². The Morgan fingerprint density at radius 1 is 1.80 bits per heavy atom. The van der Waals surface area contributed by atoms with Crippen molar-refractivity contribution >= 4 is 12.6 Å². The highest BCUT2D eigenvalue weighted by Gasteiger charge is 2.12. The SMILES string of the molecule is C=NC(=O)C(CN)CCC. The molecular formula is C7H14N2O. The van der Waals surface area contributed by atoms with E-state index in [4.69, 9.17) is 5.73 Å². The molecule has 0 saturated carbocycles. The van der Waals surface area contributed by atoms with Crippen LogP contribution in [0.5, 0.6) is 0 Å². The fraction of sp³-hybridized carbons (Fsp3) is 0.714. The highest BCUT2D eigenvalue weighted by atomic mass is 16.1. The molecule has 0 aromatic heterocycles. The van der Waals surface area contributed by atoms with E-state index in [-0.39, 0.29) is 11.8 Å². The molecule has 2 N–H and O–H groups in total. The summed E-state index contributed by atoms with van der Waals surface area (Å²) in [6.45, 7) is 5.55. The second-order valence-corrected chi connectivity index (χ2v) is 2.22. The molecule has 3 heteroatoms. The second-order valence-electron chi connectivity index (χ2n) is 2.22. The zero-order valence-electron chi connectivity index (χ0n) is 6.34. The van der Waals surface area contributed by atoms with E-state index >= 15 is 0 Å². The molecule has 0 saturated heterocycles. The van der Waals surface area contributed by atoms with E-state index in [1.165, 1.54) is 0 Å². The normalized spacial score (nSPS) is 12.6. The van der Waals surface area contributed by atoms with Gasteiger partial charge in [-0.25, -0.2) is 4.99 Å². The summed E-state index contributed by atoms with van der Waals surface area (Å²) in [4.78, 5) is 14.1. The number of nitrogens with zero attached hydrogens (tertiary/aromatic N) is 1.